The lowest BCUT2D eigenvalue weighted by molar-refractivity contribution is -0.122. The van der Waals surface area contributed by atoms with E-state index in [0.29, 0.717) is 13.0 Å². The van der Waals surface area contributed by atoms with Gasteiger partial charge in [0, 0.05) is 25.3 Å². The second-order valence-electron chi connectivity index (χ2n) is 6.39. The molecule has 2 aromatic rings. The predicted molar refractivity (Wildman–Crippen MR) is 94.1 cm³/mol. The maximum Gasteiger partial charge on any atom is 0.231 e. The highest BCUT2D eigenvalue weighted by atomic mass is 16.2. The first-order valence-corrected chi connectivity index (χ1v) is 8.49. The van der Waals surface area contributed by atoms with E-state index < -0.39 is 0 Å². The summed E-state index contributed by atoms with van der Waals surface area (Å²) >= 11 is 0. The normalized spacial score (nSPS) is 15.8. The van der Waals surface area contributed by atoms with Gasteiger partial charge in [-0.1, -0.05) is 18.2 Å². The minimum atomic E-state index is -0.307. The van der Waals surface area contributed by atoms with Gasteiger partial charge in [0.05, 0.1) is 24.8 Å². The van der Waals surface area contributed by atoms with Gasteiger partial charge in [-0.05, 0) is 30.5 Å². The number of para-hydroxylation sites is 1. The molecule has 0 saturated carbocycles. The molecule has 1 aromatic carbocycles. The van der Waals surface area contributed by atoms with Crippen molar-refractivity contribution in [1.29, 1.82) is 0 Å². The molecule has 132 valence electrons. The molecular weight excluding hydrogens is 318 g/mol. The Hall–Kier alpha value is -2.67. The number of hydrogen-bond acceptors (Lipinski definition) is 4. The highest BCUT2D eigenvalue weighted by Gasteiger charge is 2.21. The van der Waals surface area contributed by atoms with Crippen molar-refractivity contribution in [3.8, 4) is 5.69 Å². The molecule has 0 spiro atoms. The molecule has 7 heteroatoms. The highest BCUT2D eigenvalue weighted by Crippen LogP contribution is 2.11. The standard InChI is InChI=1S/C18H23N5O2/c19-17(24)13-22-8-6-15(7-9-22)21-18(25)10-14-11-20-23(12-14)16-4-2-1-3-5-16/h1-5,11-12,15H,6-10,13H2,(H2,19,24)(H,21,25). The molecule has 2 amide bonds. The van der Waals surface area contributed by atoms with Crippen molar-refractivity contribution in [2.45, 2.75) is 25.3 Å². The van der Waals surface area contributed by atoms with E-state index in [9.17, 15) is 9.59 Å². The van der Waals surface area contributed by atoms with Gasteiger partial charge in [-0.3, -0.25) is 14.5 Å². The molecule has 1 aromatic heterocycles. The summed E-state index contributed by atoms with van der Waals surface area (Å²) in [7, 11) is 0. The second kappa shape index (κ2) is 7.94. The van der Waals surface area contributed by atoms with E-state index in [2.05, 4.69) is 10.4 Å². The fraction of sp³-hybridized carbons (Fsp3) is 0.389. The van der Waals surface area contributed by atoms with E-state index in [0.717, 1.165) is 37.2 Å². The van der Waals surface area contributed by atoms with Crippen LogP contribution in [0.2, 0.25) is 0 Å². The Bertz CT molecular complexity index is 720. The van der Waals surface area contributed by atoms with Gasteiger partial charge < -0.3 is 11.1 Å². The number of carbonyl (C=O) groups is 2. The zero-order valence-electron chi connectivity index (χ0n) is 14.1. The third-order valence-electron chi connectivity index (χ3n) is 4.35. The van der Waals surface area contributed by atoms with Crippen LogP contribution in [0.25, 0.3) is 5.69 Å². The first-order valence-electron chi connectivity index (χ1n) is 8.49. The minimum absolute atomic E-state index is 0.000892. The molecule has 25 heavy (non-hydrogen) atoms. The van der Waals surface area contributed by atoms with Gasteiger partial charge in [0.2, 0.25) is 11.8 Å². The van der Waals surface area contributed by atoms with Crippen molar-refractivity contribution < 1.29 is 9.59 Å². The molecular formula is C18H23N5O2. The van der Waals surface area contributed by atoms with Gasteiger partial charge in [0.15, 0.2) is 0 Å². The summed E-state index contributed by atoms with van der Waals surface area (Å²) in [5, 5.41) is 7.38. The van der Waals surface area contributed by atoms with Crippen LogP contribution in [0.3, 0.4) is 0 Å². The van der Waals surface area contributed by atoms with Gasteiger partial charge in [0.1, 0.15) is 0 Å². The van der Waals surface area contributed by atoms with Gasteiger partial charge in [-0.2, -0.15) is 5.10 Å². The fourth-order valence-electron chi connectivity index (χ4n) is 3.09. The number of benzene rings is 1. The van der Waals surface area contributed by atoms with Crippen molar-refractivity contribution in [2.24, 2.45) is 5.73 Å². The summed E-state index contributed by atoms with van der Waals surface area (Å²) in [6, 6.07) is 9.95. The summed E-state index contributed by atoms with van der Waals surface area (Å²) in [5.74, 6) is -0.307. The number of nitrogens with zero attached hydrogens (tertiary/aromatic N) is 3. The lowest BCUT2D eigenvalue weighted by atomic mass is 10.0. The van der Waals surface area contributed by atoms with Crippen molar-refractivity contribution in [1.82, 2.24) is 20.0 Å². The first kappa shape index (κ1) is 17.2. The van der Waals surface area contributed by atoms with Crippen LogP contribution >= 0.6 is 0 Å². The van der Waals surface area contributed by atoms with Gasteiger partial charge in [0.25, 0.3) is 0 Å². The van der Waals surface area contributed by atoms with E-state index >= 15 is 0 Å². The average molecular weight is 341 g/mol. The summed E-state index contributed by atoms with van der Waals surface area (Å²) in [6.45, 7) is 1.85. The maximum atomic E-state index is 12.2. The number of aromatic nitrogens is 2. The number of hydrogen-bond donors (Lipinski definition) is 2. The number of likely N-dealkylation sites (tertiary alicyclic amines) is 1. The van der Waals surface area contributed by atoms with Gasteiger partial charge >= 0.3 is 0 Å². The molecule has 0 bridgehead atoms. The largest absolute Gasteiger partial charge is 0.369 e. The van der Waals surface area contributed by atoms with E-state index in [4.69, 9.17) is 5.73 Å². The lowest BCUT2D eigenvalue weighted by Crippen LogP contribution is -2.47. The van der Waals surface area contributed by atoms with E-state index in [1.165, 1.54) is 0 Å². The molecule has 0 radical (unpaired) electrons. The van der Waals surface area contributed by atoms with E-state index in [1.54, 1.807) is 10.9 Å². The summed E-state index contributed by atoms with van der Waals surface area (Å²) in [6.07, 6.45) is 5.59. The van der Waals surface area contributed by atoms with Crippen molar-refractivity contribution >= 4 is 11.8 Å². The Morgan fingerprint density at radius 1 is 1.20 bits per heavy atom. The highest BCUT2D eigenvalue weighted by molar-refractivity contribution is 5.78. The Balaban J connectivity index is 1.47. The zero-order valence-corrected chi connectivity index (χ0v) is 14.1. The van der Waals surface area contributed by atoms with E-state index in [1.807, 2.05) is 41.4 Å². The number of nitrogens with two attached hydrogens (primary N) is 1. The lowest BCUT2D eigenvalue weighted by Gasteiger charge is -2.31. The molecule has 0 aliphatic carbocycles. The molecule has 3 N–H and O–H groups in total. The first-order chi connectivity index (χ1) is 12.1. The third-order valence-corrected chi connectivity index (χ3v) is 4.35. The van der Waals surface area contributed by atoms with Crippen LogP contribution in [-0.4, -0.2) is 52.2 Å². The topological polar surface area (TPSA) is 93.2 Å². The van der Waals surface area contributed by atoms with Crippen molar-refractivity contribution in [2.75, 3.05) is 19.6 Å². The average Bonchev–Trinajstić information content (AvgIpc) is 3.05. The molecule has 0 atom stereocenters. The number of primary amides is 1. The SMILES string of the molecule is NC(=O)CN1CCC(NC(=O)Cc2cnn(-c3ccccc3)c2)CC1. The Morgan fingerprint density at radius 2 is 1.92 bits per heavy atom. The van der Waals surface area contributed by atoms with Crippen molar-refractivity contribution in [3.05, 3.63) is 48.3 Å². The third kappa shape index (κ3) is 4.90. The van der Waals surface area contributed by atoms with Crippen LogP contribution in [-0.2, 0) is 16.0 Å². The predicted octanol–water partition coefficient (Wildman–Crippen LogP) is 0.481. The number of amides is 2. The zero-order chi connectivity index (χ0) is 17.6. The molecule has 7 nitrogen and oxygen atoms in total. The number of rotatable bonds is 6. The van der Waals surface area contributed by atoms with E-state index in [-0.39, 0.29) is 17.9 Å². The smallest absolute Gasteiger partial charge is 0.231 e. The molecule has 1 fully saturated rings. The van der Waals surface area contributed by atoms with Crippen molar-refractivity contribution in [3.63, 3.8) is 0 Å². The number of carbonyl (C=O) groups excluding carboxylic acids is 2. The summed E-state index contributed by atoms with van der Waals surface area (Å²) < 4.78 is 1.77. The molecule has 1 saturated heterocycles. The van der Waals surface area contributed by atoms with Crippen LogP contribution in [0.4, 0.5) is 0 Å². The van der Waals surface area contributed by atoms with Crippen LogP contribution in [0.1, 0.15) is 18.4 Å². The number of piperidine rings is 1. The maximum absolute atomic E-state index is 12.2. The molecule has 3 rings (SSSR count). The Morgan fingerprint density at radius 3 is 2.60 bits per heavy atom. The monoisotopic (exact) mass is 341 g/mol. The molecule has 1 aliphatic rings. The van der Waals surface area contributed by atoms with Crippen LogP contribution in [0, 0.1) is 0 Å². The summed E-state index contributed by atoms with van der Waals surface area (Å²) in [5.41, 5.74) is 7.06. The fourth-order valence-corrected chi connectivity index (χ4v) is 3.09. The minimum Gasteiger partial charge on any atom is -0.369 e. The second-order valence-corrected chi connectivity index (χ2v) is 6.39. The Kier molecular flexibility index (Phi) is 5.45. The van der Waals surface area contributed by atoms with Crippen LogP contribution < -0.4 is 11.1 Å². The molecule has 2 heterocycles. The number of nitrogens with one attached hydrogen (secondary N) is 1. The van der Waals surface area contributed by atoms with Gasteiger partial charge in [-0.15, -0.1) is 0 Å². The summed E-state index contributed by atoms with van der Waals surface area (Å²) in [4.78, 5) is 25.2. The van der Waals surface area contributed by atoms with Crippen LogP contribution in [0.15, 0.2) is 42.7 Å². The molecule has 1 aliphatic heterocycles. The quantitative estimate of drug-likeness (QED) is 0.799. The molecule has 0 unspecified atom stereocenters. The Labute approximate surface area is 146 Å². The van der Waals surface area contributed by atoms with Crippen LogP contribution in [0.5, 0.6) is 0 Å². The van der Waals surface area contributed by atoms with Gasteiger partial charge in [-0.25, -0.2) is 4.68 Å².